The molecule has 2 aromatic carbocycles. The lowest BCUT2D eigenvalue weighted by Gasteiger charge is -2.08. The SMILES string of the molecule is C=CC(=O)OCCCCCCOc1ccc2cc(C(=O)O)ccc2c1. The van der Waals surface area contributed by atoms with E-state index in [1.165, 1.54) is 6.08 Å². The van der Waals surface area contributed by atoms with Crippen LogP contribution >= 0.6 is 0 Å². The molecular formula is C20H22O5. The van der Waals surface area contributed by atoms with Crippen LogP contribution in [0, 0.1) is 0 Å². The van der Waals surface area contributed by atoms with Crippen molar-refractivity contribution in [2.45, 2.75) is 25.7 Å². The average Bonchev–Trinajstić information content (AvgIpc) is 2.62. The lowest BCUT2D eigenvalue weighted by molar-refractivity contribution is -0.137. The number of hydrogen-bond acceptors (Lipinski definition) is 4. The van der Waals surface area contributed by atoms with E-state index in [0.29, 0.717) is 13.2 Å². The average molecular weight is 342 g/mol. The fourth-order valence-electron chi connectivity index (χ4n) is 2.43. The standard InChI is InChI=1S/C20H22O5/c1-2-19(21)25-12-6-4-3-5-11-24-18-10-9-15-13-17(20(22)23)8-7-16(15)14-18/h2,7-10,13-14H,1,3-6,11-12H2,(H,22,23). The number of rotatable bonds is 10. The molecule has 132 valence electrons. The van der Waals surface area contributed by atoms with E-state index in [0.717, 1.165) is 42.2 Å². The molecule has 0 radical (unpaired) electrons. The van der Waals surface area contributed by atoms with Crippen LogP contribution in [0.3, 0.4) is 0 Å². The minimum atomic E-state index is -0.929. The number of carboxylic acids is 1. The monoisotopic (exact) mass is 342 g/mol. The molecule has 0 aliphatic rings. The van der Waals surface area contributed by atoms with Crippen molar-refractivity contribution < 1.29 is 24.2 Å². The molecule has 0 saturated heterocycles. The van der Waals surface area contributed by atoms with Gasteiger partial charge in [-0.05, 0) is 60.7 Å². The van der Waals surface area contributed by atoms with E-state index in [-0.39, 0.29) is 11.5 Å². The largest absolute Gasteiger partial charge is 0.494 e. The van der Waals surface area contributed by atoms with Crippen molar-refractivity contribution in [1.82, 2.24) is 0 Å². The lowest BCUT2D eigenvalue weighted by Crippen LogP contribution is -2.02. The fraction of sp³-hybridized carbons (Fsp3) is 0.300. The summed E-state index contributed by atoms with van der Waals surface area (Å²) in [7, 11) is 0. The number of esters is 1. The second-order valence-electron chi connectivity index (χ2n) is 5.66. The van der Waals surface area contributed by atoms with Crippen LogP contribution in [0.1, 0.15) is 36.0 Å². The maximum atomic E-state index is 11.0. The smallest absolute Gasteiger partial charge is 0.335 e. The molecule has 5 heteroatoms. The summed E-state index contributed by atoms with van der Waals surface area (Å²) in [5, 5.41) is 10.8. The molecule has 0 spiro atoms. The van der Waals surface area contributed by atoms with Crippen molar-refractivity contribution >= 4 is 22.7 Å². The van der Waals surface area contributed by atoms with Gasteiger partial charge >= 0.3 is 11.9 Å². The Labute approximate surface area is 146 Å². The minimum absolute atomic E-state index is 0.278. The third kappa shape index (κ3) is 5.95. The Morgan fingerprint density at radius 1 is 0.960 bits per heavy atom. The Morgan fingerprint density at radius 2 is 1.64 bits per heavy atom. The lowest BCUT2D eigenvalue weighted by atomic mass is 10.1. The predicted molar refractivity (Wildman–Crippen MR) is 96.0 cm³/mol. The molecule has 25 heavy (non-hydrogen) atoms. The molecule has 5 nitrogen and oxygen atoms in total. The van der Waals surface area contributed by atoms with Crippen LogP contribution in [0.5, 0.6) is 5.75 Å². The fourth-order valence-corrected chi connectivity index (χ4v) is 2.43. The Hall–Kier alpha value is -2.82. The predicted octanol–water partition coefficient (Wildman–Crippen LogP) is 4.21. The first-order valence-corrected chi connectivity index (χ1v) is 8.29. The molecule has 2 aromatic rings. The van der Waals surface area contributed by atoms with E-state index in [4.69, 9.17) is 14.6 Å². The first-order valence-electron chi connectivity index (χ1n) is 8.29. The normalized spacial score (nSPS) is 10.4. The molecule has 0 aliphatic heterocycles. The van der Waals surface area contributed by atoms with Gasteiger partial charge in [0.2, 0.25) is 0 Å². The molecule has 0 heterocycles. The minimum Gasteiger partial charge on any atom is -0.494 e. The molecule has 0 fully saturated rings. The molecule has 2 rings (SSSR count). The summed E-state index contributed by atoms with van der Waals surface area (Å²) < 4.78 is 10.6. The van der Waals surface area contributed by atoms with Crippen molar-refractivity contribution in [2.75, 3.05) is 13.2 Å². The highest BCUT2D eigenvalue weighted by Gasteiger charge is 2.04. The highest BCUT2D eigenvalue weighted by Crippen LogP contribution is 2.22. The van der Waals surface area contributed by atoms with Crippen molar-refractivity contribution in [3.8, 4) is 5.75 Å². The quantitative estimate of drug-likeness (QED) is 0.398. The van der Waals surface area contributed by atoms with Gasteiger partial charge in [-0.3, -0.25) is 0 Å². The summed E-state index contributed by atoms with van der Waals surface area (Å²) in [6.07, 6.45) is 4.90. The van der Waals surface area contributed by atoms with Crippen molar-refractivity contribution in [1.29, 1.82) is 0 Å². The number of unbranched alkanes of at least 4 members (excludes halogenated alkanes) is 3. The number of fused-ring (bicyclic) bond motifs is 1. The van der Waals surface area contributed by atoms with E-state index >= 15 is 0 Å². The summed E-state index contributed by atoms with van der Waals surface area (Å²) in [4.78, 5) is 21.8. The van der Waals surface area contributed by atoms with Gasteiger partial charge in [-0.2, -0.15) is 0 Å². The first kappa shape index (κ1) is 18.5. The van der Waals surface area contributed by atoms with Gasteiger partial charge in [0, 0.05) is 6.08 Å². The van der Waals surface area contributed by atoms with Gasteiger partial charge in [0.05, 0.1) is 18.8 Å². The van der Waals surface area contributed by atoms with E-state index in [1.54, 1.807) is 18.2 Å². The van der Waals surface area contributed by atoms with Gasteiger partial charge in [-0.1, -0.05) is 18.7 Å². The van der Waals surface area contributed by atoms with Gasteiger partial charge in [0.25, 0.3) is 0 Å². The summed E-state index contributed by atoms with van der Waals surface area (Å²) in [5.41, 5.74) is 0.278. The molecule has 1 N–H and O–H groups in total. The maximum Gasteiger partial charge on any atom is 0.335 e. The Balaban J connectivity index is 1.71. The summed E-state index contributed by atoms with van der Waals surface area (Å²) in [5.74, 6) is -0.535. The first-order chi connectivity index (χ1) is 12.1. The molecule has 0 aliphatic carbocycles. The van der Waals surface area contributed by atoms with Gasteiger partial charge < -0.3 is 14.6 Å². The zero-order valence-electron chi connectivity index (χ0n) is 14.1. The van der Waals surface area contributed by atoms with Gasteiger partial charge in [-0.25, -0.2) is 9.59 Å². The maximum absolute atomic E-state index is 11.0. The number of carbonyl (C=O) groups is 2. The Morgan fingerprint density at radius 3 is 2.36 bits per heavy atom. The van der Waals surface area contributed by atoms with E-state index < -0.39 is 5.97 Å². The Bertz CT molecular complexity index is 751. The molecule has 0 bridgehead atoms. The topological polar surface area (TPSA) is 72.8 Å². The highest BCUT2D eigenvalue weighted by molar-refractivity contribution is 5.94. The number of benzene rings is 2. The third-order valence-corrected chi connectivity index (χ3v) is 3.78. The molecule has 0 unspecified atom stereocenters. The van der Waals surface area contributed by atoms with Crippen LogP contribution in [-0.4, -0.2) is 30.3 Å². The van der Waals surface area contributed by atoms with Crippen LogP contribution in [0.4, 0.5) is 0 Å². The van der Waals surface area contributed by atoms with Crippen molar-refractivity contribution in [2.24, 2.45) is 0 Å². The molecular weight excluding hydrogens is 320 g/mol. The number of carboxylic acid groups (broad SMARTS) is 1. The van der Waals surface area contributed by atoms with E-state index in [2.05, 4.69) is 6.58 Å². The van der Waals surface area contributed by atoms with Crippen molar-refractivity contribution in [3.63, 3.8) is 0 Å². The second-order valence-corrected chi connectivity index (χ2v) is 5.66. The van der Waals surface area contributed by atoms with Gasteiger partial charge in [-0.15, -0.1) is 0 Å². The van der Waals surface area contributed by atoms with Crippen LogP contribution in [0.25, 0.3) is 10.8 Å². The van der Waals surface area contributed by atoms with Crippen LogP contribution in [0.15, 0.2) is 49.1 Å². The van der Waals surface area contributed by atoms with Gasteiger partial charge in [0.1, 0.15) is 5.75 Å². The van der Waals surface area contributed by atoms with Crippen LogP contribution < -0.4 is 4.74 Å². The second kappa shape index (κ2) is 9.47. The van der Waals surface area contributed by atoms with E-state index in [1.807, 2.05) is 18.2 Å². The number of carbonyl (C=O) groups excluding carboxylic acids is 1. The number of hydrogen-bond donors (Lipinski definition) is 1. The summed E-state index contributed by atoms with van der Waals surface area (Å²) in [6, 6.07) is 10.7. The molecule has 0 amide bonds. The van der Waals surface area contributed by atoms with Crippen LogP contribution in [0.2, 0.25) is 0 Å². The summed E-state index contributed by atoms with van der Waals surface area (Å²) in [6.45, 7) is 4.38. The highest BCUT2D eigenvalue weighted by atomic mass is 16.5. The zero-order chi connectivity index (χ0) is 18.1. The number of aromatic carboxylic acids is 1. The van der Waals surface area contributed by atoms with Gasteiger partial charge in [0.15, 0.2) is 0 Å². The van der Waals surface area contributed by atoms with Crippen molar-refractivity contribution in [3.05, 3.63) is 54.6 Å². The molecule has 0 aromatic heterocycles. The summed E-state index contributed by atoms with van der Waals surface area (Å²) >= 11 is 0. The zero-order valence-corrected chi connectivity index (χ0v) is 14.1. The van der Waals surface area contributed by atoms with Crippen LogP contribution in [-0.2, 0) is 9.53 Å². The Kier molecular flexibility index (Phi) is 7.01. The van der Waals surface area contributed by atoms with E-state index in [9.17, 15) is 9.59 Å². The molecule has 0 atom stereocenters. The number of ether oxygens (including phenoxy) is 2. The third-order valence-electron chi connectivity index (χ3n) is 3.78. The molecule has 0 saturated carbocycles.